The number of aliphatic hydroxyl groups is 1. The minimum Gasteiger partial charge on any atom is -0.395 e. The Morgan fingerprint density at radius 2 is 2.06 bits per heavy atom. The lowest BCUT2D eigenvalue weighted by Crippen LogP contribution is -2.26. The van der Waals surface area contributed by atoms with Crippen LogP contribution in [0, 0.1) is 0 Å². The average molecular weight is 234 g/mol. The Morgan fingerprint density at radius 1 is 1.31 bits per heavy atom. The molecular weight excluding hydrogens is 220 g/mol. The molecule has 84 valence electrons. The molecule has 1 unspecified atom stereocenters. The summed E-state index contributed by atoms with van der Waals surface area (Å²) in [5.41, 5.74) is 6.80. The summed E-state index contributed by atoms with van der Waals surface area (Å²) in [6, 6.07) is 9.86. The Kier molecular flexibility index (Phi) is 3.66. The van der Waals surface area contributed by atoms with Crippen LogP contribution in [0.3, 0.4) is 0 Å². The summed E-state index contributed by atoms with van der Waals surface area (Å²) in [7, 11) is 0. The molecule has 0 aliphatic heterocycles. The first-order valence-electron chi connectivity index (χ1n) is 5.16. The fourth-order valence-electron chi connectivity index (χ4n) is 1.44. The number of aromatic nitrogens is 1. The molecule has 0 radical (unpaired) electrons. The van der Waals surface area contributed by atoms with Crippen molar-refractivity contribution in [3.8, 4) is 10.6 Å². The van der Waals surface area contributed by atoms with E-state index < -0.39 is 0 Å². The molecule has 2 aromatic rings. The zero-order chi connectivity index (χ0) is 11.4. The van der Waals surface area contributed by atoms with E-state index in [4.69, 9.17) is 10.8 Å². The lowest BCUT2D eigenvalue weighted by Gasteiger charge is -2.03. The van der Waals surface area contributed by atoms with Crippen molar-refractivity contribution in [1.82, 2.24) is 4.98 Å². The number of rotatable bonds is 4. The molecule has 4 heteroatoms. The molecule has 0 aliphatic rings. The van der Waals surface area contributed by atoms with Gasteiger partial charge in [-0.25, -0.2) is 4.98 Å². The number of nitrogens with zero attached hydrogens (tertiary/aromatic N) is 1. The van der Waals surface area contributed by atoms with E-state index in [1.54, 1.807) is 11.3 Å². The maximum absolute atomic E-state index is 8.88. The van der Waals surface area contributed by atoms with Gasteiger partial charge >= 0.3 is 0 Å². The molecule has 0 bridgehead atoms. The summed E-state index contributed by atoms with van der Waals surface area (Å²) < 4.78 is 0. The van der Waals surface area contributed by atoms with Gasteiger partial charge in [0.15, 0.2) is 0 Å². The summed E-state index contributed by atoms with van der Waals surface area (Å²) in [6.45, 7) is 0.0125. The van der Waals surface area contributed by atoms with Crippen LogP contribution in [0.1, 0.15) is 4.88 Å². The van der Waals surface area contributed by atoms with E-state index in [-0.39, 0.29) is 12.6 Å². The molecule has 16 heavy (non-hydrogen) atoms. The number of benzene rings is 1. The molecule has 3 nitrogen and oxygen atoms in total. The van der Waals surface area contributed by atoms with Crippen LogP contribution in [0.5, 0.6) is 0 Å². The Morgan fingerprint density at radius 3 is 2.75 bits per heavy atom. The second kappa shape index (κ2) is 5.21. The normalized spacial score (nSPS) is 12.6. The average Bonchev–Trinajstić information content (AvgIpc) is 2.78. The van der Waals surface area contributed by atoms with E-state index in [2.05, 4.69) is 4.98 Å². The van der Waals surface area contributed by atoms with Gasteiger partial charge in [0.1, 0.15) is 5.01 Å². The molecule has 3 N–H and O–H groups in total. The molecular formula is C12H14N2OS. The topological polar surface area (TPSA) is 59.1 Å². The lowest BCUT2D eigenvalue weighted by molar-refractivity contribution is 0.265. The zero-order valence-electron chi connectivity index (χ0n) is 8.84. The van der Waals surface area contributed by atoms with Crippen LogP contribution in [0.25, 0.3) is 10.6 Å². The molecule has 2 rings (SSSR count). The van der Waals surface area contributed by atoms with Gasteiger partial charge in [-0.1, -0.05) is 30.3 Å². The highest BCUT2D eigenvalue weighted by molar-refractivity contribution is 7.15. The van der Waals surface area contributed by atoms with Gasteiger partial charge in [0.05, 0.1) is 6.61 Å². The maximum atomic E-state index is 8.88. The predicted octanol–water partition coefficient (Wildman–Crippen LogP) is 1.67. The van der Waals surface area contributed by atoms with Gasteiger partial charge in [-0.05, 0) is 0 Å². The van der Waals surface area contributed by atoms with Gasteiger partial charge < -0.3 is 10.8 Å². The van der Waals surface area contributed by atoms with E-state index in [0.717, 1.165) is 15.4 Å². The van der Waals surface area contributed by atoms with Crippen molar-refractivity contribution in [2.45, 2.75) is 12.5 Å². The third-order valence-electron chi connectivity index (χ3n) is 2.27. The van der Waals surface area contributed by atoms with Crippen LogP contribution < -0.4 is 5.73 Å². The van der Waals surface area contributed by atoms with Crippen molar-refractivity contribution in [3.05, 3.63) is 41.4 Å². The van der Waals surface area contributed by atoms with Crippen LogP contribution >= 0.6 is 11.3 Å². The first-order valence-corrected chi connectivity index (χ1v) is 5.98. The molecule has 1 heterocycles. The van der Waals surface area contributed by atoms with Crippen LogP contribution in [-0.2, 0) is 6.42 Å². The molecule has 1 aromatic carbocycles. The van der Waals surface area contributed by atoms with Crippen molar-refractivity contribution in [2.24, 2.45) is 5.73 Å². The van der Waals surface area contributed by atoms with Crippen LogP contribution in [0.15, 0.2) is 36.5 Å². The molecule has 0 saturated heterocycles. The second-order valence-electron chi connectivity index (χ2n) is 3.64. The first-order chi connectivity index (χ1) is 7.79. The fraction of sp³-hybridized carbons (Fsp3) is 0.250. The largest absolute Gasteiger partial charge is 0.395 e. The monoisotopic (exact) mass is 234 g/mol. The smallest absolute Gasteiger partial charge is 0.123 e. The molecule has 0 aliphatic carbocycles. The Labute approximate surface area is 98.6 Å². The van der Waals surface area contributed by atoms with Gasteiger partial charge in [0.2, 0.25) is 0 Å². The quantitative estimate of drug-likeness (QED) is 0.846. The first kappa shape index (κ1) is 11.3. The Balaban J connectivity index is 2.14. The second-order valence-corrected chi connectivity index (χ2v) is 4.76. The Hall–Kier alpha value is -1.23. The van der Waals surface area contributed by atoms with E-state index in [9.17, 15) is 0 Å². The minimum atomic E-state index is -0.191. The van der Waals surface area contributed by atoms with E-state index in [1.807, 2.05) is 36.5 Å². The van der Waals surface area contributed by atoms with E-state index in [1.165, 1.54) is 0 Å². The van der Waals surface area contributed by atoms with Crippen LogP contribution in [0.2, 0.25) is 0 Å². The van der Waals surface area contributed by atoms with Gasteiger partial charge in [0, 0.05) is 29.1 Å². The van der Waals surface area contributed by atoms with Crippen molar-refractivity contribution in [2.75, 3.05) is 6.61 Å². The van der Waals surface area contributed by atoms with Gasteiger partial charge in [-0.2, -0.15) is 0 Å². The maximum Gasteiger partial charge on any atom is 0.123 e. The highest BCUT2D eigenvalue weighted by Gasteiger charge is 2.07. The SMILES string of the molecule is NC(CO)Cc1cnc(-c2ccccc2)s1. The summed E-state index contributed by atoms with van der Waals surface area (Å²) >= 11 is 1.63. The van der Waals surface area contributed by atoms with Gasteiger partial charge in [0.25, 0.3) is 0 Å². The lowest BCUT2D eigenvalue weighted by atomic mass is 10.2. The third kappa shape index (κ3) is 2.66. The summed E-state index contributed by atoms with van der Waals surface area (Å²) in [6.07, 6.45) is 2.52. The molecule has 0 spiro atoms. The summed E-state index contributed by atoms with van der Waals surface area (Å²) in [4.78, 5) is 5.47. The summed E-state index contributed by atoms with van der Waals surface area (Å²) in [5, 5.41) is 9.88. The highest BCUT2D eigenvalue weighted by atomic mass is 32.1. The third-order valence-corrected chi connectivity index (χ3v) is 3.34. The van der Waals surface area contributed by atoms with Gasteiger partial charge in [-0.15, -0.1) is 11.3 Å². The van der Waals surface area contributed by atoms with Crippen LogP contribution in [0.4, 0.5) is 0 Å². The number of hydrogen-bond acceptors (Lipinski definition) is 4. The zero-order valence-corrected chi connectivity index (χ0v) is 9.65. The van der Waals surface area contributed by atoms with Crippen molar-refractivity contribution in [3.63, 3.8) is 0 Å². The number of thiazole rings is 1. The molecule has 1 atom stereocenters. The fourth-order valence-corrected chi connectivity index (χ4v) is 2.45. The molecule has 0 fully saturated rings. The minimum absolute atomic E-state index is 0.0125. The number of hydrogen-bond donors (Lipinski definition) is 2. The van der Waals surface area contributed by atoms with Gasteiger partial charge in [-0.3, -0.25) is 0 Å². The van der Waals surface area contributed by atoms with E-state index in [0.29, 0.717) is 6.42 Å². The Bertz CT molecular complexity index is 441. The molecule has 1 aromatic heterocycles. The number of aliphatic hydroxyl groups excluding tert-OH is 1. The summed E-state index contributed by atoms with van der Waals surface area (Å²) in [5.74, 6) is 0. The molecule has 0 saturated carbocycles. The highest BCUT2D eigenvalue weighted by Crippen LogP contribution is 2.25. The predicted molar refractivity (Wildman–Crippen MR) is 66.3 cm³/mol. The van der Waals surface area contributed by atoms with Crippen molar-refractivity contribution in [1.29, 1.82) is 0 Å². The van der Waals surface area contributed by atoms with Crippen molar-refractivity contribution >= 4 is 11.3 Å². The van der Waals surface area contributed by atoms with Crippen LogP contribution in [-0.4, -0.2) is 22.7 Å². The number of nitrogens with two attached hydrogens (primary N) is 1. The standard InChI is InChI=1S/C12H14N2OS/c13-10(8-15)6-11-7-14-12(16-11)9-4-2-1-3-5-9/h1-5,7,10,15H,6,8,13H2. The van der Waals surface area contributed by atoms with E-state index >= 15 is 0 Å². The molecule has 0 amide bonds. The van der Waals surface area contributed by atoms with Crippen molar-refractivity contribution < 1.29 is 5.11 Å².